The molecule has 0 unspecified atom stereocenters. The lowest BCUT2D eigenvalue weighted by Gasteiger charge is -2.01. The average Bonchev–Trinajstić information content (AvgIpc) is 2.62. The van der Waals surface area contributed by atoms with Gasteiger partial charge in [-0.3, -0.25) is 5.41 Å². The van der Waals surface area contributed by atoms with Crippen LogP contribution in [-0.4, -0.2) is 17.7 Å². The zero-order valence-electron chi connectivity index (χ0n) is 8.28. The second-order valence-electron chi connectivity index (χ2n) is 2.63. The van der Waals surface area contributed by atoms with Gasteiger partial charge in [0.05, 0.1) is 18.6 Å². The predicted molar refractivity (Wildman–Crippen MR) is 57.9 cm³/mol. The maximum atomic E-state index is 11.4. The minimum Gasteiger partial charge on any atom is -0.468 e. The van der Waals surface area contributed by atoms with Crippen LogP contribution in [0.3, 0.4) is 0 Å². The van der Waals surface area contributed by atoms with Crippen LogP contribution in [0.1, 0.15) is 23.0 Å². The first kappa shape index (κ1) is 11.6. The summed E-state index contributed by atoms with van der Waals surface area (Å²) in [5.41, 5.74) is 5.58. The van der Waals surface area contributed by atoms with Crippen LogP contribution in [0.25, 0.3) is 0 Å². The molecule has 0 radical (unpaired) electrons. The van der Waals surface area contributed by atoms with Crippen molar-refractivity contribution in [3.63, 3.8) is 0 Å². The highest BCUT2D eigenvalue weighted by molar-refractivity contribution is 8.13. The van der Waals surface area contributed by atoms with E-state index in [1.54, 1.807) is 13.0 Å². The number of hydrogen-bond acceptors (Lipinski definition) is 5. The monoisotopic (exact) mass is 228 g/mol. The summed E-state index contributed by atoms with van der Waals surface area (Å²) in [7, 11) is 0. The molecule has 0 aliphatic heterocycles. The van der Waals surface area contributed by atoms with Crippen LogP contribution >= 0.6 is 11.8 Å². The van der Waals surface area contributed by atoms with Crippen LogP contribution in [0.2, 0.25) is 0 Å². The summed E-state index contributed by atoms with van der Waals surface area (Å²) in [4.78, 5) is 11.4. The summed E-state index contributed by atoms with van der Waals surface area (Å²) < 4.78 is 9.95. The molecule has 6 heteroatoms. The normalized spacial score (nSPS) is 9.93. The molecule has 82 valence electrons. The van der Waals surface area contributed by atoms with Crippen LogP contribution in [0.15, 0.2) is 16.7 Å². The molecule has 0 aliphatic carbocycles. The number of nitrogens with one attached hydrogen (secondary N) is 1. The fourth-order valence-corrected chi connectivity index (χ4v) is 1.50. The summed E-state index contributed by atoms with van der Waals surface area (Å²) in [6, 6.07) is 1.55. The van der Waals surface area contributed by atoms with Crippen molar-refractivity contribution >= 4 is 22.9 Å². The van der Waals surface area contributed by atoms with Gasteiger partial charge in [0.1, 0.15) is 11.3 Å². The van der Waals surface area contributed by atoms with Crippen LogP contribution in [-0.2, 0) is 10.5 Å². The van der Waals surface area contributed by atoms with Crippen LogP contribution in [0, 0.1) is 5.41 Å². The zero-order valence-corrected chi connectivity index (χ0v) is 9.10. The van der Waals surface area contributed by atoms with Gasteiger partial charge in [-0.15, -0.1) is 0 Å². The number of carbonyl (C=O) groups is 1. The summed E-state index contributed by atoms with van der Waals surface area (Å²) in [5, 5.41) is 7.03. The highest BCUT2D eigenvalue weighted by Crippen LogP contribution is 2.18. The average molecular weight is 228 g/mol. The summed E-state index contributed by atoms with van der Waals surface area (Å²) in [6.07, 6.45) is 1.42. The van der Waals surface area contributed by atoms with Crippen LogP contribution in [0.5, 0.6) is 0 Å². The molecule has 1 aromatic rings. The Balaban J connectivity index is 2.68. The molecule has 1 heterocycles. The number of rotatable bonds is 4. The molecule has 0 fully saturated rings. The van der Waals surface area contributed by atoms with Gasteiger partial charge in [0.2, 0.25) is 0 Å². The number of carbonyl (C=O) groups excluding carboxylic acids is 1. The number of ether oxygens (including phenoxy) is 1. The second-order valence-corrected chi connectivity index (χ2v) is 3.65. The highest BCUT2D eigenvalue weighted by Gasteiger charge is 2.15. The molecule has 0 atom stereocenters. The lowest BCUT2D eigenvalue weighted by atomic mass is 10.3. The first-order valence-electron chi connectivity index (χ1n) is 4.35. The van der Waals surface area contributed by atoms with E-state index in [0.717, 1.165) is 11.8 Å². The lowest BCUT2D eigenvalue weighted by Crippen LogP contribution is -2.07. The second kappa shape index (κ2) is 5.45. The van der Waals surface area contributed by atoms with E-state index in [1.807, 2.05) is 0 Å². The Morgan fingerprint density at radius 2 is 2.47 bits per heavy atom. The molecule has 5 nitrogen and oxygen atoms in total. The molecule has 1 rings (SSSR count). The third kappa shape index (κ3) is 3.32. The fourth-order valence-electron chi connectivity index (χ4n) is 0.986. The summed E-state index contributed by atoms with van der Waals surface area (Å²) >= 11 is 1.10. The van der Waals surface area contributed by atoms with Gasteiger partial charge in [-0.2, -0.15) is 0 Å². The Hall–Kier alpha value is -1.43. The van der Waals surface area contributed by atoms with Crippen molar-refractivity contribution in [2.45, 2.75) is 12.7 Å². The number of nitrogens with two attached hydrogens (primary N) is 1. The molecule has 0 bridgehead atoms. The fraction of sp³-hybridized carbons (Fsp3) is 0.333. The van der Waals surface area contributed by atoms with Crippen molar-refractivity contribution in [2.75, 3.05) is 6.61 Å². The Morgan fingerprint density at radius 3 is 3.07 bits per heavy atom. The van der Waals surface area contributed by atoms with Crippen LogP contribution in [0.4, 0.5) is 0 Å². The van der Waals surface area contributed by atoms with Gasteiger partial charge in [-0.25, -0.2) is 4.79 Å². The minimum absolute atomic E-state index is 0.0128. The quantitative estimate of drug-likeness (QED) is 0.464. The molecule has 0 aliphatic rings. The molecule has 1 aromatic heterocycles. The number of amidine groups is 1. The Kier molecular flexibility index (Phi) is 4.23. The third-order valence-corrected chi connectivity index (χ3v) is 2.32. The predicted octanol–water partition coefficient (Wildman–Crippen LogP) is 1.58. The smallest absolute Gasteiger partial charge is 0.341 e. The van der Waals surface area contributed by atoms with Crippen molar-refractivity contribution < 1.29 is 13.9 Å². The SMILES string of the molecule is CCOC(=O)c1ccoc1CSC(=N)N. The highest BCUT2D eigenvalue weighted by atomic mass is 32.2. The maximum Gasteiger partial charge on any atom is 0.341 e. The van der Waals surface area contributed by atoms with Gasteiger partial charge in [0.15, 0.2) is 5.17 Å². The van der Waals surface area contributed by atoms with E-state index in [-0.39, 0.29) is 5.17 Å². The Bertz CT molecular complexity index is 362. The van der Waals surface area contributed by atoms with E-state index in [0.29, 0.717) is 23.7 Å². The van der Waals surface area contributed by atoms with Crippen molar-refractivity contribution in [2.24, 2.45) is 5.73 Å². The largest absolute Gasteiger partial charge is 0.468 e. The van der Waals surface area contributed by atoms with E-state index in [1.165, 1.54) is 6.26 Å². The number of esters is 1. The van der Waals surface area contributed by atoms with Gasteiger partial charge in [-0.1, -0.05) is 11.8 Å². The summed E-state index contributed by atoms with van der Waals surface area (Å²) in [6.45, 7) is 2.06. The topological polar surface area (TPSA) is 89.3 Å². The van der Waals surface area contributed by atoms with E-state index >= 15 is 0 Å². The molecular weight excluding hydrogens is 216 g/mol. The molecular formula is C9H12N2O3S. The van der Waals surface area contributed by atoms with Crippen molar-refractivity contribution in [3.8, 4) is 0 Å². The van der Waals surface area contributed by atoms with E-state index in [4.69, 9.17) is 20.3 Å². The molecule has 0 saturated heterocycles. The minimum atomic E-state index is -0.412. The van der Waals surface area contributed by atoms with Crippen molar-refractivity contribution in [1.29, 1.82) is 5.41 Å². The maximum absolute atomic E-state index is 11.4. The van der Waals surface area contributed by atoms with Gasteiger partial charge >= 0.3 is 5.97 Å². The standard InChI is InChI=1S/C9H12N2O3S/c1-2-13-8(12)6-3-4-14-7(6)5-15-9(10)11/h3-4H,2,5H2,1H3,(H3,10,11). The molecule has 0 amide bonds. The number of thioether (sulfide) groups is 1. The van der Waals surface area contributed by atoms with Crippen molar-refractivity contribution in [1.82, 2.24) is 0 Å². The van der Waals surface area contributed by atoms with E-state index < -0.39 is 5.97 Å². The molecule has 3 N–H and O–H groups in total. The third-order valence-electron chi connectivity index (χ3n) is 1.60. The first-order chi connectivity index (χ1) is 7.15. The van der Waals surface area contributed by atoms with E-state index in [2.05, 4.69) is 0 Å². The Labute approximate surface area is 91.5 Å². The van der Waals surface area contributed by atoms with E-state index in [9.17, 15) is 4.79 Å². The lowest BCUT2D eigenvalue weighted by molar-refractivity contribution is 0.0524. The van der Waals surface area contributed by atoms with Crippen LogP contribution < -0.4 is 5.73 Å². The van der Waals surface area contributed by atoms with Gasteiger partial charge < -0.3 is 14.9 Å². The number of hydrogen-bond donors (Lipinski definition) is 2. The zero-order chi connectivity index (χ0) is 11.3. The van der Waals surface area contributed by atoms with Gasteiger partial charge in [-0.05, 0) is 13.0 Å². The number of furan rings is 1. The van der Waals surface area contributed by atoms with Gasteiger partial charge in [0.25, 0.3) is 0 Å². The molecule has 0 spiro atoms. The molecule has 0 aromatic carbocycles. The molecule has 0 saturated carbocycles. The van der Waals surface area contributed by atoms with Crippen molar-refractivity contribution in [3.05, 3.63) is 23.7 Å². The van der Waals surface area contributed by atoms with Gasteiger partial charge in [0, 0.05) is 0 Å². The first-order valence-corrected chi connectivity index (χ1v) is 5.34. The summed E-state index contributed by atoms with van der Waals surface area (Å²) in [5.74, 6) is 0.426. The molecule has 15 heavy (non-hydrogen) atoms. The Morgan fingerprint density at radius 1 is 1.73 bits per heavy atom.